The Labute approximate surface area is 194 Å². The predicted octanol–water partition coefficient (Wildman–Crippen LogP) is 8.58. The molecule has 2 heteroatoms. The molecule has 32 heavy (non-hydrogen) atoms. The molecular weight excluding hydrogens is 388 g/mol. The van der Waals surface area contributed by atoms with Gasteiger partial charge in [-0.05, 0) is 88.3 Å². The monoisotopic (exact) mass is 424 g/mol. The van der Waals surface area contributed by atoms with Crippen LogP contribution in [-0.2, 0) is 6.42 Å². The molecule has 1 aromatic carbocycles. The third-order valence-electron chi connectivity index (χ3n) is 5.46. The minimum atomic E-state index is 0.403. The third kappa shape index (κ3) is 7.16. The van der Waals surface area contributed by atoms with E-state index >= 15 is 0 Å². The van der Waals surface area contributed by atoms with Crippen LogP contribution in [0.1, 0.15) is 45.4 Å². The zero-order chi connectivity index (χ0) is 23.5. The van der Waals surface area contributed by atoms with Crippen LogP contribution in [0.3, 0.4) is 0 Å². The molecular formula is C30H36N2. The first kappa shape index (κ1) is 25.0. The van der Waals surface area contributed by atoms with Gasteiger partial charge >= 0.3 is 0 Å². The van der Waals surface area contributed by atoms with Gasteiger partial charge in [-0.2, -0.15) is 0 Å². The molecule has 0 aliphatic heterocycles. The molecule has 1 heterocycles. The number of pyridine rings is 1. The number of para-hydroxylation sites is 1. The molecule has 0 saturated carbocycles. The van der Waals surface area contributed by atoms with E-state index in [1.54, 1.807) is 6.08 Å². The Kier molecular flexibility index (Phi) is 9.81. The number of aliphatic imine (C=N–C) groups is 1. The van der Waals surface area contributed by atoms with Crippen molar-refractivity contribution in [3.8, 4) is 0 Å². The summed E-state index contributed by atoms with van der Waals surface area (Å²) in [7, 11) is 0. The van der Waals surface area contributed by atoms with Crippen LogP contribution in [0.2, 0.25) is 0 Å². The van der Waals surface area contributed by atoms with Crippen LogP contribution in [0, 0.1) is 12.8 Å². The van der Waals surface area contributed by atoms with Crippen molar-refractivity contribution in [2.24, 2.45) is 10.9 Å². The fourth-order valence-corrected chi connectivity index (χ4v) is 3.62. The van der Waals surface area contributed by atoms with Gasteiger partial charge in [0.2, 0.25) is 0 Å². The second-order valence-electron chi connectivity index (χ2n) is 8.15. The fourth-order valence-electron chi connectivity index (χ4n) is 3.62. The van der Waals surface area contributed by atoms with Gasteiger partial charge in [0.1, 0.15) is 0 Å². The Bertz CT molecular complexity index is 1110. The molecule has 0 radical (unpaired) electrons. The average molecular weight is 425 g/mol. The number of hydrogen-bond acceptors (Lipinski definition) is 2. The lowest BCUT2D eigenvalue weighted by atomic mass is 9.93. The lowest BCUT2D eigenvalue weighted by Crippen LogP contribution is -2.02. The number of aromatic nitrogens is 1. The first-order valence-electron chi connectivity index (χ1n) is 11.2. The summed E-state index contributed by atoms with van der Waals surface area (Å²) in [6, 6.07) is 8.47. The molecule has 1 aromatic heterocycles. The van der Waals surface area contributed by atoms with Crippen molar-refractivity contribution in [2.45, 2.75) is 47.5 Å². The number of benzene rings is 1. The van der Waals surface area contributed by atoms with Gasteiger partial charge in [0.05, 0.1) is 11.2 Å². The van der Waals surface area contributed by atoms with Gasteiger partial charge in [0, 0.05) is 16.8 Å². The van der Waals surface area contributed by atoms with Gasteiger partial charge in [0.15, 0.2) is 0 Å². The molecule has 166 valence electrons. The summed E-state index contributed by atoms with van der Waals surface area (Å²) in [6.45, 7) is 18.1. The highest BCUT2D eigenvalue weighted by Crippen LogP contribution is 2.30. The highest BCUT2D eigenvalue weighted by molar-refractivity contribution is 6.00. The molecule has 2 aromatic rings. The molecule has 0 N–H and O–H groups in total. The van der Waals surface area contributed by atoms with Crippen LogP contribution in [-0.4, -0.2) is 10.7 Å². The largest absolute Gasteiger partial charge is 0.251 e. The van der Waals surface area contributed by atoms with E-state index in [1.165, 1.54) is 22.1 Å². The first-order chi connectivity index (χ1) is 15.4. The molecule has 1 unspecified atom stereocenters. The molecule has 0 amide bonds. The quantitative estimate of drug-likeness (QED) is 0.213. The average Bonchev–Trinajstić information content (AvgIpc) is 2.76. The minimum absolute atomic E-state index is 0.403. The summed E-state index contributed by atoms with van der Waals surface area (Å²) in [6.07, 6.45) is 18.2. The summed E-state index contributed by atoms with van der Waals surface area (Å²) < 4.78 is 0. The number of allylic oxidation sites excluding steroid dienone is 10. The van der Waals surface area contributed by atoms with Gasteiger partial charge in [-0.1, -0.05) is 61.2 Å². The summed E-state index contributed by atoms with van der Waals surface area (Å²) in [5.41, 5.74) is 7.52. The van der Waals surface area contributed by atoms with Gasteiger partial charge in [0.25, 0.3) is 0 Å². The Morgan fingerprint density at radius 1 is 1.12 bits per heavy atom. The van der Waals surface area contributed by atoms with Crippen molar-refractivity contribution in [3.05, 3.63) is 108 Å². The highest BCUT2D eigenvalue weighted by atomic mass is 14.8. The number of fused-ring (bicyclic) bond motifs is 1. The van der Waals surface area contributed by atoms with Crippen molar-refractivity contribution in [1.82, 2.24) is 4.98 Å². The van der Waals surface area contributed by atoms with Crippen molar-refractivity contribution in [3.63, 3.8) is 0 Å². The normalized spacial score (nSPS) is 14.5. The fraction of sp³-hybridized carbons (Fsp3) is 0.267. The van der Waals surface area contributed by atoms with Crippen LogP contribution < -0.4 is 0 Å². The van der Waals surface area contributed by atoms with Gasteiger partial charge in [-0.25, -0.2) is 0 Å². The lowest BCUT2D eigenvalue weighted by molar-refractivity contribution is 0.662. The van der Waals surface area contributed by atoms with E-state index in [0.29, 0.717) is 5.92 Å². The lowest BCUT2D eigenvalue weighted by Gasteiger charge is -2.14. The summed E-state index contributed by atoms with van der Waals surface area (Å²) in [5, 5.41) is 1.17. The van der Waals surface area contributed by atoms with Crippen molar-refractivity contribution in [2.75, 3.05) is 0 Å². The molecule has 0 saturated heterocycles. The van der Waals surface area contributed by atoms with E-state index in [4.69, 9.17) is 9.98 Å². The highest BCUT2D eigenvalue weighted by Gasteiger charge is 2.11. The predicted molar refractivity (Wildman–Crippen MR) is 143 cm³/mol. The summed E-state index contributed by atoms with van der Waals surface area (Å²) in [4.78, 5) is 9.77. The second-order valence-corrected chi connectivity index (χ2v) is 8.15. The molecule has 0 aliphatic rings. The van der Waals surface area contributed by atoms with E-state index in [-0.39, 0.29) is 0 Å². The van der Waals surface area contributed by atoms with Gasteiger partial charge in [-0.15, -0.1) is 6.58 Å². The molecule has 0 aliphatic carbocycles. The number of nitrogens with zero attached hydrogens (tertiary/aromatic N) is 2. The minimum Gasteiger partial charge on any atom is -0.251 e. The van der Waals surface area contributed by atoms with Crippen LogP contribution >= 0.6 is 0 Å². The van der Waals surface area contributed by atoms with E-state index < -0.39 is 0 Å². The smallest absolute Gasteiger partial charge is 0.0964 e. The Morgan fingerprint density at radius 2 is 1.91 bits per heavy atom. The van der Waals surface area contributed by atoms with E-state index in [0.717, 1.165) is 35.5 Å². The molecule has 2 rings (SSSR count). The molecule has 0 fully saturated rings. The van der Waals surface area contributed by atoms with Crippen LogP contribution in [0.4, 0.5) is 5.69 Å². The first-order valence-corrected chi connectivity index (χ1v) is 11.2. The van der Waals surface area contributed by atoms with Gasteiger partial charge < -0.3 is 0 Å². The van der Waals surface area contributed by atoms with Crippen LogP contribution in [0.15, 0.2) is 102 Å². The number of rotatable bonds is 10. The Morgan fingerprint density at radius 3 is 2.59 bits per heavy atom. The summed E-state index contributed by atoms with van der Waals surface area (Å²) >= 11 is 0. The molecule has 0 bridgehead atoms. The summed E-state index contributed by atoms with van der Waals surface area (Å²) in [5.74, 6) is 0.403. The zero-order valence-corrected chi connectivity index (χ0v) is 20.2. The van der Waals surface area contributed by atoms with Crippen molar-refractivity contribution in [1.29, 1.82) is 0 Å². The zero-order valence-electron chi connectivity index (χ0n) is 20.2. The maximum absolute atomic E-state index is 4.92. The maximum atomic E-state index is 4.92. The van der Waals surface area contributed by atoms with Crippen molar-refractivity contribution < 1.29 is 0 Å². The topological polar surface area (TPSA) is 25.2 Å². The van der Waals surface area contributed by atoms with Crippen LogP contribution in [0.5, 0.6) is 0 Å². The molecule has 0 spiro atoms. The number of aryl methyl sites for hydroxylation is 1. The van der Waals surface area contributed by atoms with E-state index in [1.807, 2.05) is 25.1 Å². The Hall–Kier alpha value is -3.26. The standard InChI is InChI=1S/C30H36N2/c1-8-11-13-15-22(4)23(5)19-24(6)31-29-18-14-17-28-27(20-25(7)32-30(28)29)21-26(10-3)16-12-9-2/h8-15,17-20,26H,1,3,16,21H2,2,4-7H3/b12-9-,13-11-,22-15+,23-19+,31-24?. The second kappa shape index (κ2) is 12.6. The third-order valence-corrected chi connectivity index (χ3v) is 5.46. The van der Waals surface area contributed by atoms with E-state index in [2.05, 4.69) is 89.4 Å². The van der Waals surface area contributed by atoms with Crippen molar-refractivity contribution >= 4 is 22.3 Å². The molecule has 1 atom stereocenters. The van der Waals surface area contributed by atoms with Crippen LogP contribution in [0.25, 0.3) is 10.9 Å². The molecule has 2 nitrogen and oxygen atoms in total. The maximum Gasteiger partial charge on any atom is 0.0964 e. The van der Waals surface area contributed by atoms with Gasteiger partial charge in [-0.3, -0.25) is 9.98 Å². The Balaban J connectivity index is 2.45. The SMILES string of the molecule is C=C\C=C/C=C(C)/C(C)=C/C(C)=Nc1cccc2c(CC(C=C)C/C=C\C)cc(C)nc12. The van der Waals surface area contributed by atoms with E-state index in [9.17, 15) is 0 Å². The number of hydrogen-bond donors (Lipinski definition) is 0.